The van der Waals surface area contributed by atoms with Crippen molar-refractivity contribution in [3.8, 4) is 11.5 Å². The lowest BCUT2D eigenvalue weighted by Gasteiger charge is -2.23. The first-order valence-electron chi connectivity index (χ1n) is 7.12. The lowest BCUT2D eigenvalue weighted by atomic mass is 9.91. The zero-order chi connectivity index (χ0) is 13.1. The van der Waals surface area contributed by atoms with Crippen LogP contribution in [0.5, 0.6) is 11.5 Å². The highest BCUT2D eigenvalue weighted by molar-refractivity contribution is 9.10. The second kappa shape index (κ2) is 6.14. The minimum atomic E-state index is 0.738. The summed E-state index contributed by atoms with van der Waals surface area (Å²) in [5.74, 6) is 2.55. The molecule has 1 aromatic rings. The normalized spacial score (nSPS) is 20.1. The fraction of sp³-hybridized carbons (Fsp3) is 0.600. The zero-order valence-electron chi connectivity index (χ0n) is 11.1. The fourth-order valence-electron chi connectivity index (χ4n) is 2.80. The van der Waals surface area contributed by atoms with E-state index in [1.807, 2.05) is 0 Å². The molecule has 0 aliphatic carbocycles. The highest BCUT2D eigenvalue weighted by Gasteiger charge is 2.20. The average Bonchev–Trinajstić information content (AvgIpc) is 2.69. The quantitative estimate of drug-likeness (QED) is 0.906. The molecular formula is C15H20BrNO2. The van der Waals surface area contributed by atoms with Crippen LogP contribution >= 0.6 is 15.9 Å². The van der Waals surface area contributed by atoms with Crippen molar-refractivity contribution >= 4 is 15.9 Å². The van der Waals surface area contributed by atoms with Crippen molar-refractivity contribution in [3.63, 3.8) is 0 Å². The van der Waals surface area contributed by atoms with E-state index in [0.29, 0.717) is 0 Å². The van der Waals surface area contributed by atoms with Crippen LogP contribution in [-0.4, -0.2) is 26.3 Å². The smallest absolute Gasteiger partial charge is 0.175 e. The average molecular weight is 326 g/mol. The summed E-state index contributed by atoms with van der Waals surface area (Å²) < 4.78 is 12.6. The molecule has 104 valence electrons. The molecule has 0 radical (unpaired) electrons. The van der Waals surface area contributed by atoms with Gasteiger partial charge in [0.2, 0.25) is 0 Å². The Morgan fingerprint density at radius 3 is 2.79 bits per heavy atom. The van der Waals surface area contributed by atoms with Crippen LogP contribution in [-0.2, 0) is 6.42 Å². The summed E-state index contributed by atoms with van der Waals surface area (Å²) in [6.07, 6.45) is 4.60. The van der Waals surface area contributed by atoms with Gasteiger partial charge in [0.1, 0.15) is 0 Å². The number of fused-ring (bicyclic) bond motifs is 1. The van der Waals surface area contributed by atoms with Crippen LogP contribution in [0.15, 0.2) is 16.6 Å². The summed E-state index contributed by atoms with van der Waals surface area (Å²) in [6, 6.07) is 4.24. The number of hydrogen-bond acceptors (Lipinski definition) is 3. The van der Waals surface area contributed by atoms with E-state index in [9.17, 15) is 0 Å². The third kappa shape index (κ3) is 3.06. The summed E-state index contributed by atoms with van der Waals surface area (Å²) >= 11 is 3.71. The van der Waals surface area contributed by atoms with Crippen molar-refractivity contribution in [1.29, 1.82) is 0 Å². The number of benzene rings is 1. The van der Waals surface area contributed by atoms with Gasteiger partial charge in [-0.2, -0.15) is 0 Å². The Morgan fingerprint density at radius 2 is 1.95 bits per heavy atom. The SMILES string of the molecule is Brc1c(CC2CCNCC2)ccc2c1OCCCO2. The maximum Gasteiger partial charge on any atom is 0.175 e. The molecule has 0 spiro atoms. The first-order chi connectivity index (χ1) is 9.34. The lowest BCUT2D eigenvalue weighted by molar-refractivity contribution is 0.296. The maximum absolute atomic E-state index is 5.82. The van der Waals surface area contributed by atoms with Crippen LogP contribution < -0.4 is 14.8 Å². The third-order valence-corrected chi connectivity index (χ3v) is 4.77. The predicted octanol–water partition coefficient (Wildman–Crippen LogP) is 3.15. The van der Waals surface area contributed by atoms with Crippen molar-refractivity contribution in [2.75, 3.05) is 26.3 Å². The van der Waals surface area contributed by atoms with Crippen LogP contribution in [0, 0.1) is 5.92 Å². The van der Waals surface area contributed by atoms with Crippen molar-refractivity contribution in [2.45, 2.75) is 25.7 Å². The molecule has 1 N–H and O–H groups in total. The monoisotopic (exact) mass is 325 g/mol. The summed E-state index contributed by atoms with van der Waals surface area (Å²) in [4.78, 5) is 0. The van der Waals surface area contributed by atoms with E-state index in [1.54, 1.807) is 0 Å². The molecule has 0 atom stereocenters. The number of ether oxygens (including phenoxy) is 2. The van der Waals surface area contributed by atoms with Crippen LogP contribution in [0.1, 0.15) is 24.8 Å². The van der Waals surface area contributed by atoms with E-state index >= 15 is 0 Å². The molecule has 19 heavy (non-hydrogen) atoms. The van der Waals surface area contributed by atoms with Crippen LogP contribution in [0.2, 0.25) is 0 Å². The number of hydrogen-bond donors (Lipinski definition) is 1. The summed E-state index contributed by atoms with van der Waals surface area (Å²) in [5.41, 5.74) is 1.34. The summed E-state index contributed by atoms with van der Waals surface area (Å²) in [5, 5.41) is 3.42. The second-order valence-electron chi connectivity index (χ2n) is 5.31. The Morgan fingerprint density at radius 1 is 1.16 bits per heavy atom. The standard InChI is InChI=1S/C15H20BrNO2/c16-14-12(10-11-4-6-17-7-5-11)2-3-13-15(14)19-9-1-8-18-13/h2-3,11,17H,1,4-10H2. The molecule has 4 heteroatoms. The Bertz CT molecular complexity index is 444. The summed E-state index contributed by atoms with van der Waals surface area (Å²) in [6.45, 7) is 3.77. The molecule has 3 rings (SSSR count). The Hall–Kier alpha value is -0.740. The van der Waals surface area contributed by atoms with E-state index in [2.05, 4.69) is 33.4 Å². The van der Waals surface area contributed by atoms with Crippen molar-refractivity contribution in [3.05, 3.63) is 22.2 Å². The summed E-state index contributed by atoms with van der Waals surface area (Å²) in [7, 11) is 0. The molecule has 3 nitrogen and oxygen atoms in total. The van der Waals surface area contributed by atoms with E-state index in [0.717, 1.165) is 61.0 Å². The van der Waals surface area contributed by atoms with Gasteiger partial charge in [0, 0.05) is 6.42 Å². The molecule has 2 aliphatic rings. The van der Waals surface area contributed by atoms with E-state index in [4.69, 9.17) is 9.47 Å². The van der Waals surface area contributed by atoms with Gasteiger partial charge in [-0.1, -0.05) is 6.07 Å². The molecule has 2 aliphatic heterocycles. The highest BCUT2D eigenvalue weighted by Crippen LogP contribution is 2.40. The van der Waals surface area contributed by atoms with E-state index in [-0.39, 0.29) is 0 Å². The minimum absolute atomic E-state index is 0.738. The van der Waals surface area contributed by atoms with Gasteiger partial charge < -0.3 is 14.8 Å². The number of nitrogens with one attached hydrogen (secondary N) is 1. The van der Waals surface area contributed by atoms with Crippen LogP contribution in [0.25, 0.3) is 0 Å². The molecule has 0 saturated carbocycles. The molecule has 1 aromatic carbocycles. The minimum Gasteiger partial charge on any atom is -0.490 e. The van der Waals surface area contributed by atoms with Gasteiger partial charge in [-0.15, -0.1) is 0 Å². The topological polar surface area (TPSA) is 30.5 Å². The molecule has 0 unspecified atom stereocenters. The van der Waals surface area contributed by atoms with Crippen molar-refractivity contribution in [1.82, 2.24) is 5.32 Å². The van der Waals surface area contributed by atoms with Gasteiger partial charge in [0.25, 0.3) is 0 Å². The lowest BCUT2D eigenvalue weighted by Crippen LogP contribution is -2.28. The molecule has 1 fully saturated rings. The number of piperidine rings is 1. The molecule has 1 saturated heterocycles. The molecule has 0 amide bonds. The molecule has 0 bridgehead atoms. The predicted molar refractivity (Wildman–Crippen MR) is 79.0 cm³/mol. The highest BCUT2D eigenvalue weighted by atomic mass is 79.9. The van der Waals surface area contributed by atoms with Gasteiger partial charge >= 0.3 is 0 Å². The van der Waals surface area contributed by atoms with E-state index in [1.165, 1.54) is 18.4 Å². The third-order valence-electron chi connectivity index (χ3n) is 3.90. The van der Waals surface area contributed by atoms with Crippen LogP contribution in [0.4, 0.5) is 0 Å². The van der Waals surface area contributed by atoms with Gasteiger partial charge in [-0.25, -0.2) is 0 Å². The zero-order valence-corrected chi connectivity index (χ0v) is 12.7. The second-order valence-corrected chi connectivity index (χ2v) is 6.11. The Balaban J connectivity index is 1.80. The van der Waals surface area contributed by atoms with E-state index < -0.39 is 0 Å². The van der Waals surface area contributed by atoms with Gasteiger partial charge in [-0.05, 0) is 65.8 Å². The molecule has 2 heterocycles. The molecular weight excluding hydrogens is 306 g/mol. The Kier molecular flexibility index (Phi) is 4.28. The first kappa shape index (κ1) is 13.3. The fourth-order valence-corrected chi connectivity index (χ4v) is 3.40. The van der Waals surface area contributed by atoms with Gasteiger partial charge in [0.05, 0.1) is 17.7 Å². The Labute approximate surface area is 122 Å². The van der Waals surface area contributed by atoms with Gasteiger partial charge in [0.15, 0.2) is 11.5 Å². The van der Waals surface area contributed by atoms with Gasteiger partial charge in [-0.3, -0.25) is 0 Å². The maximum atomic E-state index is 5.82. The number of halogens is 1. The first-order valence-corrected chi connectivity index (χ1v) is 7.91. The number of rotatable bonds is 2. The van der Waals surface area contributed by atoms with Crippen molar-refractivity contribution < 1.29 is 9.47 Å². The van der Waals surface area contributed by atoms with Crippen LogP contribution in [0.3, 0.4) is 0 Å². The largest absolute Gasteiger partial charge is 0.490 e. The van der Waals surface area contributed by atoms with Crippen molar-refractivity contribution in [2.24, 2.45) is 5.92 Å². The molecule has 0 aromatic heterocycles.